The molecule has 1 fully saturated rings. The normalized spacial score (nSPS) is 20.8. The largest absolute Gasteiger partial charge is 0.338 e. The van der Waals surface area contributed by atoms with Crippen molar-refractivity contribution in [2.75, 3.05) is 5.75 Å². The first-order valence-corrected chi connectivity index (χ1v) is 10.1. The fourth-order valence-electron chi connectivity index (χ4n) is 3.85. The number of H-pyrrole nitrogens is 1. The summed E-state index contributed by atoms with van der Waals surface area (Å²) in [6.45, 7) is 6.32. The summed E-state index contributed by atoms with van der Waals surface area (Å²) >= 11 is 1.36. The van der Waals surface area contributed by atoms with Crippen molar-refractivity contribution in [1.82, 2.24) is 25.1 Å². The Labute approximate surface area is 156 Å². The Bertz CT molecular complexity index is 959. The van der Waals surface area contributed by atoms with Gasteiger partial charge in [0.15, 0.2) is 5.65 Å². The van der Waals surface area contributed by atoms with Crippen LogP contribution in [0.15, 0.2) is 23.4 Å². The maximum absolute atomic E-state index is 12.7. The lowest BCUT2D eigenvalue weighted by atomic mass is 9.98. The van der Waals surface area contributed by atoms with Crippen LogP contribution in [0.5, 0.6) is 0 Å². The SMILES string of the molecule is Cc1ccc2[nH]c3nc(SCC(=O)N4[C@@H](C)CCC[C@@H]4C)nnc3c2c1. The van der Waals surface area contributed by atoms with Crippen LogP contribution in [-0.4, -0.2) is 48.8 Å². The number of carbonyl (C=O) groups is 1. The first-order valence-electron chi connectivity index (χ1n) is 9.09. The number of hydrogen-bond acceptors (Lipinski definition) is 5. The molecular formula is C19H23N5OS. The van der Waals surface area contributed by atoms with Crippen LogP contribution in [0.1, 0.15) is 38.7 Å². The Morgan fingerprint density at radius 3 is 2.81 bits per heavy atom. The van der Waals surface area contributed by atoms with E-state index in [-0.39, 0.29) is 5.91 Å². The summed E-state index contributed by atoms with van der Waals surface area (Å²) in [6.07, 6.45) is 3.36. The maximum Gasteiger partial charge on any atom is 0.233 e. The van der Waals surface area contributed by atoms with Gasteiger partial charge in [-0.25, -0.2) is 4.98 Å². The standard InChI is InChI=1S/C19H23N5OS/c1-11-7-8-15-14(9-11)17-18(20-15)21-19(23-22-17)26-10-16(25)24-12(2)5-4-6-13(24)3/h7-9,12-13H,4-6,10H2,1-3H3,(H,20,21,23)/t12-,13-/m0/s1. The minimum absolute atomic E-state index is 0.158. The van der Waals surface area contributed by atoms with Crippen LogP contribution in [0, 0.1) is 6.92 Å². The molecule has 1 amide bonds. The number of aryl methyl sites for hydroxylation is 1. The van der Waals surface area contributed by atoms with Crippen LogP contribution in [0.3, 0.4) is 0 Å². The molecule has 2 atom stereocenters. The summed E-state index contributed by atoms with van der Waals surface area (Å²) in [6, 6.07) is 6.79. The lowest BCUT2D eigenvalue weighted by molar-refractivity contribution is -0.134. The van der Waals surface area contributed by atoms with Gasteiger partial charge in [0, 0.05) is 23.0 Å². The highest BCUT2D eigenvalue weighted by Crippen LogP contribution is 2.26. The molecule has 4 rings (SSSR count). The van der Waals surface area contributed by atoms with Gasteiger partial charge in [0.05, 0.1) is 5.75 Å². The lowest BCUT2D eigenvalue weighted by Gasteiger charge is -2.39. The summed E-state index contributed by atoms with van der Waals surface area (Å²) in [5.74, 6) is 0.506. The molecule has 0 unspecified atom stereocenters. The van der Waals surface area contributed by atoms with Gasteiger partial charge in [-0.3, -0.25) is 4.79 Å². The first-order chi connectivity index (χ1) is 12.5. The van der Waals surface area contributed by atoms with E-state index >= 15 is 0 Å². The number of piperidine rings is 1. The molecule has 6 nitrogen and oxygen atoms in total. The topological polar surface area (TPSA) is 74.8 Å². The molecule has 1 aromatic carbocycles. The fourth-order valence-corrected chi connectivity index (χ4v) is 4.50. The summed E-state index contributed by atoms with van der Waals surface area (Å²) in [4.78, 5) is 22.5. The molecular weight excluding hydrogens is 346 g/mol. The van der Waals surface area contributed by atoms with Gasteiger partial charge in [0.25, 0.3) is 0 Å². The van der Waals surface area contributed by atoms with Gasteiger partial charge in [-0.15, -0.1) is 10.2 Å². The number of amides is 1. The van der Waals surface area contributed by atoms with E-state index in [0.717, 1.165) is 34.9 Å². The van der Waals surface area contributed by atoms with Crippen LogP contribution in [0.2, 0.25) is 0 Å². The number of hydrogen-bond donors (Lipinski definition) is 1. The number of fused-ring (bicyclic) bond motifs is 3. The second-order valence-corrected chi connectivity index (χ2v) is 8.13. The number of aromatic nitrogens is 4. The highest BCUT2D eigenvalue weighted by molar-refractivity contribution is 7.99. The molecule has 1 aliphatic rings. The van der Waals surface area contributed by atoms with Crippen molar-refractivity contribution in [3.63, 3.8) is 0 Å². The summed E-state index contributed by atoms with van der Waals surface area (Å²) in [7, 11) is 0. The average Bonchev–Trinajstić information content (AvgIpc) is 2.97. The molecule has 0 bridgehead atoms. The molecule has 1 N–H and O–H groups in total. The maximum atomic E-state index is 12.7. The molecule has 0 radical (unpaired) electrons. The lowest BCUT2D eigenvalue weighted by Crippen LogP contribution is -2.48. The van der Waals surface area contributed by atoms with Crippen LogP contribution in [0.25, 0.3) is 22.1 Å². The van der Waals surface area contributed by atoms with Crippen molar-refractivity contribution in [3.8, 4) is 0 Å². The highest BCUT2D eigenvalue weighted by Gasteiger charge is 2.28. The summed E-state index contributed by atoms with van der Waals surface area (Å²) in [5, 5.41) is 10.1. The Morgan fingerprint density at radius 1 is 1.27 bits per heavy atom. The van der Waals surface area contributed by atoms with Crippen LogP contribution < -0.4 is 0 Å². The molecule has 1 saturated heterocycles. The number of nitrogens with one attached hydrogen (secondary N) is 1. The number of likely N-dealkylation sites (tertiary alicyclic amines) is 1. The summed E-state index contributed by atoms with van der Waals surface area (Å²) in [5.41, 5.74) is 3.67. The van der Waals surface area contributed by atoms with Gasteiger partial charge in [-0.05, 0) is 52.2 Å². The van der Waals surface area contributed by atoms with Crippen molar-refractivity contribution >= 4 is 39.7 Å². The van der Waals surface area contributed by atoms with Crippen LogP contribution in [-0.2, 0) is 4.79 Å². The van der Waals surface area contributed by atoms with Crippen LogP contribution >= 0.6 is 11.8 Å². The minimum atomic E-state index is 0.158. The predicted molar refractivity (Wildman–Crippen MR) is 104 cm³/mol. The van der Waals surface area contributed by atoms with E-state index in [1.165, 1.54) is 23.7 Å². The zero-order valence-electron chi connectivity index (χ0n) is 15.3. The number of aromatic amines is 1. The number of rotatable bonds is 3. The molecule has 3 aromatic rings. The third-order valence-corrected chi connectivity index (χ3v) is 5.98. The molecule has 136 valence electrons. The second kappa shape index (κ2) is 6.87. The van der Waals surface area contributed by atoms with E-state index < -0.39 is 0 Å². The van der Waals surface area contributed by atoms with Crippen molar-refractivity contribution in [3.05, 3.63) is 23.8 Å². The Morgan fingerprint density at radius 2 is 2.04 bits per heavy atom. The first kappa shape index (κ1) is 17.3. The molecule has 26 heavy (non-hydrogen) atoms. The van der Waals surface area contributed by atoms with Gasteiger partial charge >= 0.3 is 0 Å². The monoisotopic (exact) mass is 369 g/mol. The van der Waals surface area contributed by atoms with Crippen molar-refractivity contribution in [2.24, 2.45) is 0 Å². The zero-order valence-corrected chi connectivity index (χ0v) is 16.1. The van der Waals surface area contributed by atoms with Gasteiger partial charge in [0.2, 0.25) is 11.1 Å². The zero-order chi connectivity index (χ0) is 18.3. The number of thioether (sulfide) groups is 1. The predicted octanol–water partition coefficient (Wildman–Crippen LogP) is 3.70. The molecule has 0 saturated carbocycles. The quantitative estimate of drug-likeness (QED) is 0.713. The minimum Gasteiger partial charge on any atom is -0.338 e. The van der Waals surface area contributed by atoms with Gasteiger partial charge < -0.3 is 9.88 Å². The Balaban J connectivity index is 1.52. The molecule has 3 heterocycles. The molecule has 0 aliphatic carbocycles. The van der Waals surface area contributed by atoms with E-state index in [1.54, 1.807) is 0 Å². The van der Waals surface area contributed by atoms with Gasteiger partial charge in [-0.1, -0.05) is 23.4 Å². The third-order valence-electron chi connectivity index (χ3n) is 5.16. The van der Waals surface area contributed by atoms with Crippen molar-refractivity contribution in [1.29, 1.82) is 0 Å². The van der Waals surface area contributed by atoms with Gasteiger partial charge in [-0.2, -0.15) is 0 Å². The van der Waals surface area contributed by atoms with E-state index in [0.29, 0.717) is 23.0 Å². The van der Waals surface area contributed by atoms with E-state index in [9.17, 15) is 4.79 Å². The molecule has 7 heteroatoms. The average molecular weight is 369 g/mol. The van der Waals surface area contributed by atoms with E-state index in [2.05, 4.69) is 53.1 Å². The molecule has 2 aromatic heterocycles. The molecule has 1 aliphatic heterocycles. The van der Waals surface area contributed by atoms with E-state index in [1.807, 2.05) is 11.0 Å². The van der Waals surface area contributed by atoms with Crippen LogP contribution in [0.4, 0.5) is 0 Å². The number of benzene rings is 1. The van der Waals surface area contributed by atoms with Crippen molar-refractivity contribution in [2.45, 2.75) is 57.3 Å². The smallest absolute Gasteiger partial charge is 0.233 e. The third kappa shape index (κ3) is 3.16. The van der Waals surface area contributed by atoms with Gasteiger partial charge in [0.1, 0.15) is 5.52 Å². The number of nitrogens with zero attached hydrogens (tertiary/aromatic N) is 4. The summed E-state index contributed by atoms with van der Waals surface area (Å²) < 4.78 is 0. The highest BCUT2D eigenvalue weighted by atomic mass is 32.2. The van der Waals surface area contributed by atoms with Crippen molar-refractivity contribution < 1.29 is 4.79 Å². The molecule has 0 spiro atoms. The second-order valence-electron chi connectivity index (χ2n) is 7.18. The number of carbonyl (C=O) groups excluding carboxylic acids is 1. The Kier molecular flexibility index (Phi) is 4.56. The fraction of sp³-hybridized carbons (Fsp3) is 0.474. The Hall–Kier alpha value is -2.15. The van der Waals surface area contributed by atoms with E-state index in [4.69, 9.17) is 0 Å².